The number of carbonyl (C=O) groups is 3. The summed E-state index contributed by atoms with van der Waals surface area (Å²) < 4.78 is 13.7. The highest BCUT2D eigenvalue weighted by molar-refractivity contribution is 6.05. The summed E-state index contributed by atoms with van der Waals surface area (Å²) in [4.78, 5) is 38.9. The van der Waals surface area contributed by atoms with E-state index in [1.54, 1.807) is 35.2 Å². The first-order chi connectivity index (χ1) is 14.0. The first kappa shape index (κ1) is 20.5. The number of hydrogen-bond acceptors (Lipinski definition) is 3. The van der Waals surface area contributed by atoms with E-state index in [2.05, 4.69) is 10.6 Å². The molecule has 0 radical (unpaired) electrons. The highest BCUT2D eigenvalue weighted by atomic mass is 19.1. The van der Waals surface area contributed by atoms with Crippen molar-refractivity contribution in [3.63, 3.8) is 0 Å². The molecule has 0 saturated carbocycles. The van der Waals surface area contributed by atoms with Crippen molar-refractivity contribution in [2.24, 2.45) is 0 Å². The van der Waals surface area contributed by atoms with E-state index in [9.17, 15) is 18.8 Å². The van der Waals surface area contributed by atoms with Crippen LogP contribution >= 0.6 is 0 Å². The van der Waals surface area contributed by atoms with Crippen LogP contribution in [0.5, 0.6) is 0 Å². The second kappa shape index (κ2) is 9.32. The number of benzene rings is 2. The van der Waals surface area contributed by atoms with E-state index < -0.39 is 17.8 Å². The molecule has 0 bridgehead atoms. The predicted molar refractivity (Wildman–Crippen MR) is 108 cm³/mol. The molecule has 3 amide bonds. The summed E-state index contributed by atoms with van der Waals surface area (Å²) in [6.07, 6.45) is 2.28. The van der Waals surface area contributed by atoms with Crippen LogP contribution in [0.3, 0.4) is 0 Å². The van der Waals surface area contributed by atoms with E-state index in [0.29, 0.717) is 30.8 Å². The van der Waals surface area contributed by atoms with Crippen LogP contribution in [0.15, 0.2) is 48.5 Å². The number of nitrogens with zero attached hydrogens (tertiary/aromatic N) is 1. The number of anilines is 1. The smallest absolute Gasteiger partial charge is 0.258 e. The minimum absolute atomic E-state index is 0.0503. The lowest BCUT2D eigenvalue weighted by Gasteiger charge is -2.24. The minimum atomic E-state index is -0.599. The fourth-order valence-corrected chi connectivity index (χ4v) is 3.35. The average molecular weight is 397 g/mol. The number of carbonyl (C=O) groups excluding carboxylic acids is 3. The standard InChI is InChI=1S/C22H24FN3O3/c1-2-13-24-21(28)19-8-5-14-26(19)22(29)15-9-11-16(12-10-15)25-20(27)17-6-3-4-7-18(17)23/h3-4,6-7,9-12,19H,2,5,8,13-14H2,1H3,(H,24,28)(H,25,27)/t19-/m0/s1. The van der Waals surface area contributed by atoms with Crippen molar-refractivity contribution in [3.05, 3.63) is 65.5 Å². The van der Waals surface area contributed by atoms with E-state index in [0.717, 1.165) is 12.8 Å². The Kier molecular flexibility index (Phi) is 6.59. The van der Waals surface area contributed by atoms with Crippen LogP contribution in [0.25, 0.3) is 0 Å². The molecule has 1 heterocycles. The van der Waals surface area contributed by atoms with Gasteiger partial charge in [-0.15, -0.1) is 0 Å². The maximum Gasteiger partial charge on any atom is 0.258 e. The van der Waals surface area contributed by atoms with Crippen LogP contribution in [-0.2, 0) is 4.79 Å². The summed E-state index contributed by atoms with van der Waals surface area (Å²) in [6.45, 7) is 3.10. The second-order valence-corrected chi connectivity index (χ2v) is 6.96. The van der Waals surface area contributed by atoms with Crippen LogP contribution in [0.1, 0.15) is 46.9 Å². The van der Waals surface area contributed by atoms with Gasteiger partial charge in [0.2, 0.25) is 5.91 Å². The molecule has 1 atom stereocenters. The quantitative estimate of drug-likeness (QED) is 0.786. The van der Waals surface area contributed by atoms with E-state index in [4.69, 9.17) is 0 Å². The van der Waals surface area contributed by atoms with Gasteiger partial charge < -0.3 is 15.5 Å². The van der Waals surface area contributed by atoms with E-state index in [-0.39, 0.29) is 17.4 Å². The number of likely N-dealkylation sites (tertiary alicyclic amines) is 1. The number of amides is 3. The molecule has 6 nitrogen and oxygen atoms in total. The summed E-state index contributed by atoms with van der Waals surface area (Å²) in [5.41, 5.74) is 0.836. The number of hydrogen-bond donors (Lipinski definition) is 2. The van der Waals surface area contributed by atoms with Gasteiger partial charge >= 0.3 is 0 Å². The Morgan fingerprint density at radius 3 is 2.52 bits per heavy atom. The lowest BCUT2D eigenvalue weighted by Crippen LogP contribution is -2.46. The van der Waals surface area contributed by atoms with E-state index in [1.165, 1.54) is 18.2 Å². The molecule has 2 N–H and O–H groups in total. The topological polar surface area (TPSA) is 78.5 Å². The summed E-state index contributed by atoms with van der Waals surface area (Å²) in [5.74, 6) is -1.50. The molecule has 152 valence electrons. The molecule has 7 heteroatoms. The van der Waals surface area contributed by atoms with Crippen molar-refractivity contribution in [3.8, 4) is 0 Å². The molecule has 0 aliphatic carbocycles. The lowest BCUT2D eigenvalue weighted by atomic mass is 10.1. The largest absolute Gasteiger partial charge is 0.354 e. The van der Waals surface area contributed by atoms with Gasteiger partial charge in [-0.2, -0.15) is 0 Å². The molecular formula is C22H24FN3O3. The fraction of sp³-hybridized carbons (Fsp3) is 0.318. The van der Waals surface area contributed by atoms with Gasteiger partial charge in [0.05, 0.1) is 5.56 Å². The van der Waals surface area contributed by atoms with Crippen LogP contribution < -0.4 is 10.6 Å². The average Bonchev–Trinajstić information content (AvgIpc) is 3.22. The van der Waals surface area contributed by atoms with Crippen molar-refractivity contribution in [2.45, 2.75) is 32.2 Å². The summed E-state index contributed by atoms with van der Waals surface area (Å²) in [6, 6.07) is 11.7. The van der Waals surface area contributed by atoms with Crippen molar-refractivity contribution >= 4 is 23.4 Å². The Balaban J connectivity index is 1.66. The molecule has 2 aromatic carbocycles. The highest BCUT2D eigenvalue weighted by Gasteiger charge is 2.34. The molecule has 1 saturated heterocycles. The SMILES string of the molecule is CCCNC(=O)[C@@H]1CCCN1C(=O)c1ccc(NC(=O)c2ccccc2F)cc1. The van der Waals surface area contributed by atoms with Crippen molar-refractivity contribution in [1.29, 1.82) is 0 Å². The highest BCUT2D eigenvalue weighted by Crippen LogP contribution is 2.21. The summed E-state index contributed by atoms with van der Waals surface area (Å²) in [5, 5.41) is 5.47. The molecule has 1 aliphatic heterocycles. The molecule has 1 fully saturated rings. The van der Waals surface area contributed by atoms with Gasteiger partial charge in [0.15, 0.2) is 0 Å². The Morgan fingerprint density at radius 1 is 1.10 bits per heavy atom. The maximum atomic E-state index is 13.7. The van der Waals surface area contributed by atoms with Gasteiger partial charge in [0.1, 0.15) is 11.9 Å². The Hall–Kier alpha value is -3.22. The van der Waals surface area contributed by atoms with Gasteiger partial charge in [-0.3, -0.25) is 14.4 Å². The number of halogens is 1. The van der Waals surface area contributed by atoms with Gasteiger partial charge in [-0.05, 0) is 55.7 Å². The Bertz CT molecular complexity index is 898. The van der Waals surface area contributed by atoms with Gasteiger partial charge in [-0.25, -0.2) is 4.39 Å². The Morgan fingerprint density at radius 2 is 1.83 bits per heavy atom. The fourth-order valence-electron chi connectivity index (χ4n) is 3.35. The zero-order valence-electron chi connectivity index (χ0n) is 16.3. The minimum Gasteiger partial charge on any atom is -0.354 e. The molecule has 3 rings (SSSR count). The zero-order valence-corrected chi connectivity index (χ0v) is 16.3. The Labute approximate surface area is 169 Å². The van der Waals surface area contributed by atoms with Crippen LogP contribution in [0.2, 0.25) is 0 Å². The molecule has 29 heavy (non-hydrogen) atoms. The zero-order chi connectivity index (χ0) is 20.8. The summed E-state index contributed by atoms with van der Waals surface area (Å²) >= 11 is 0. The van der Waals surface area contributed by atoms with Gasteiger partial charge in [-0.1, -0.05) is 19.1 Å². The van der Waals surface area contributed by atoms with Crippen molar-refractivity contribution < 1.29 is 18.8 Å². The first-order valence-electron chi connectivity index (χ1n) is 9.76. The predicted octanol–water partition coefficient (Wildman–Crippen LogP) is 3.21. The monoisotopic (exact) mass is 397 g/mol. The third kappa shape index (κ3) is 4.80. The first-order valence-corrected chi connectivity index (χ1v) is 9.76. The summed E-state index contributed by atoms with van der Waals surface area (Å²) in [7, 11) is 0. The van der Waals surface area contributed by atoms with Crippen molar-refractivity contribution in [2.75, 3.05) is 18.4 Å². The second-order valence-electron chi connectivity index (χ2n) is 6.96. The molecule has 2 aromatic rings. The third-order valence-corrected chi connectivity index (χ3v) is 4.87. The third-order valence-electron chi connectivity index (χ3n) is 4.87. The van der Waals surface area contributed by atoms with Crippen LogP contribution in [-0.4, -0.2) is 41.8 Å². The normalized spacial score (nSPS) is 15.8. The van der Waals surface area contributed by atoms with E-state index >= 15 is 0 Å². The molecule has 0 aromatic heterocycles. The molecule has 0 unspecified atom stereocenters. The van der Waals surface area contributed by atoms with Crippen LogP contribution in [0.4, 0.5) is 10.1 Å². The van der Waals surface area contributed by atoms with Gasteiger partial charge in [0, 0.05) is 24.3 Å². The molecule has 0 spiro atoms. The number of nitrogens with one attached hydrogen (secondary N) is 2. The molecular weight excluding hydrogens is 373 g/mol. The number of rotatable bonds is 6. The molecule has 1 aliphatic rings. The lowest BCUT2D eigenvalue weighted by molar-refractivity contribution is -0.124. The van der Waals surface area contributed by atoms with Gasteiger partial charge in [0.25, 0.3) is 11.8 Å². The maximum absolute atomic E-state index is 13.7. The van der Waals surface area contributed by atoms with E-state index in [1.807, 2.05) is 6.92 Å². The van der Waals surface area contributed by atoms with Crippen molar-refractivity contribution in [1.82, 2.24) is 10.2 Å². The van der Waals surface area contributed by atoms with Crippen LogP contribution in [0, 0.1) is 5.82 Å².